The maximum absolute atomic E-state index is 5.38. The number of aryl methyl sites for hydroxylation is 2. The molecule has 0 aliphatic rings. The molecule has 8 nitrogen and oxygen atoms in total. The number of hydrogen-bond acceptors (Lipinski definition) is 8. The Balaban J connectivity index is 1.32. The van der Waals surface area contributed by atoms with Gasteiger partial charge in [-0.25, -0.2) is 0 Å². The molecular formula is C16H28N6O2. The van der Waals surface area contributed by atoms with Gasteiger partial charge in [0.2, 0.25) is 0 Å². The van der Waals surface area contributed by atoms with Gasteiger partial charge in [-0.15, -0.1) is 0 Å². The normalized spacial score (nSPS) is 11.2. The van der Waals surface area contributed by atoms with Gasteiger partial charge < -0.3 is 20.5 Å². The van der Waals surface area contributed by atoms with Crippen LogP contribution in [-0.4, -0.2) is 20.3 Å². The predicted octanol–water partition coefficient (Wildman–Crippen LogP) is 3.30. The first-order chi connectivity index (χ1) is 11.7. The first-order valence-electron chi connectivity index (χ1n) is 8.90. The minimum absolute atomic E-state index is 0.159. The summed E-state index contributed by atoms with van der Waals surface area (Å²) >= 11 is 0. The average Bonchev–Trinajstić information content (AvgIpc) is 3.17. The topological polar surface area (TPSA) is 130 Å². The monoisotopic (exact) mass is 336 g/mol. The zero-order valence-electron chi connectivity index (χ0n) is 14.2. The number of nitrogen functional groups attached to an aromatic ring is 2. The van der Waals surface area contributed by atoms with Crippen LogP contribution in [0, 0.1) is 0 Å². The second kappa shape index (κ2) is 10.6. The summed E-state index contributed by atoms with van der Waals surface area (Å²) < 4.78 is 9.48. The van der Waals surface area contributed by atoms with E-state index in [2.05, 4.69) is 20.3 Å². The highest BCUT2D eigenvalue weighted by atomic mass is 16.5. The van der Waals surface area contributed by atoms with Crippen molar-refractivity contribution >= 4 is 12.0 Å². The minimum atomic E-state index is 0.159. The molecule has 2 rings (SSSR count). The van der Waals surface area contributed by atoms with E-state index >= 15 is 0 Å². The highest BCUT2D eigenvalue weighted by molar-refractivity contribution is 5.07. The van der Waals surface area contributed by atoms with E-state index in [-0.39, 0.29) is 12.0 Å². The van der Waals surface area contributed by atoms with Gasteiger partial charge in [-0.2, -0.15) is 9.97 Å². The average molecular weight is 336 g/mol. The highest BCUT2D eigenvalue weighted by Gasteiger charge is 2.03. The van der Waals surface area contributed by atoms with Crippen molar-refractivity contribution in [1.29, 1.82) is 0 Å². The maximum atomic E-state index is 5.38. The van der Waals surface area contributed by atoms with Crippen molar-refractivity contribution in [3.63, 3.8) is 0 Å². The SMILES string of the molecule is Nc1nc(CCCCCCCCCCCCc2noc(N)n2)no1. The van der Waals surface area contributed by atoms with E-state index in [1.54, 1.807) is 0 Å². The Kier molecular flexibility index (Phi) is 8.06. The molecule has 0 saturated heterocycles. The van der Waals surface area contributed by atoms with E-state index in [0.29, 0.717) is 0 Å². The fourth-order valence-electron chi connectivity index (χ4n) is 2.72. The van der Waals surface area contributed by atoms with Gasteiger partial charge in [0, 0.05) is 12.8 Å². The summed E-state index contributed by atoms with van der Waals surface area (Å²) in [6.07, 6.45) is 14.1. The van der Waals surface area contributed by atoms with Crippen molar-refractivity contribution in [2.45, 2.75) is 77.0 Å². The first-order valence-corrected chi connectivity index (χ1v) is 8.90. The number of hydrogen-bond donors (Lipinski definition) is 2. The van der Waals surface area contributed by atoms with E-state index < -0.39 is 0 Å². The fourth-order valence-corrected chi connectivity index (χ4v) is 2.72. The van der Waals surface area contributed by atoms with Gasteiger partial charge >= 0.3 is 12.0 Å². The lowest BCUT2D eigenvalue weighted by Gasteiger charge is -2.02. The lowest BCUT2D eigenvalue weighted by molar-refractivity contribution is 0.424. The number of nitrogens with two attached hydrogens (primary N) is 2. The van der Waals surface area contributed by atoms with Gasteiger partial charge in [-0.1, -0.05) is 61.7 Å². The second-order valence-electron chi connectivity index (χ2n) is 6.13. The molecule has 0 saturated carbocycles. The molecule has 0 radical (unpaired) electrons. The Morgan fingerprint density at radius 1 is 0.542 bits per heavy atom. The summed E-state index contributed by atoms with van der Waals surface area (Å²) in [5.74, 6) is 1.44. The molecule has 0 aliphatic heterocycles. The highest BCUT2D eigenvalue weighted by Crippen LogP contribution is 2.13. The van der Waals surface area contributed by atoms with Crippen LogP contribution in [0.25, 0.3) is 0 Å². The van der Waals surface area contributed by atoms with Crippen molar-refractivity contribution < 1.29 is 9.05 Å². The molecule has 0 bridgehead atoms. The largest absolute Gasteiger partial charge is 0.351 e. The van der Waals surface area contributed by atoms with Crippen molar-refractivity contribution in [2.24, 2.45) is 0 Å². The Hall–Kier alpha value is -2.12. The van der Waals surface area contributed by atoms with Crippen molar-refractivity contribution in [3.05, 3.63) is 11.6 Å². The van der Waals surface area contributed by atoms with Crippen LogP contribution in [0.1, 0.15) is 75.9 Å². The van der Waals surface area contributed by atoms with Crippen LogP contribution in [0.3, 0.4) is 0 Å². The molecule has 2 aromatic rings. The molecule has 0 unspecified atom stereocenters. The Labute approximate surface area is 142 Å². The molecule has 0 fully saturated rings. The van der Waals surface area contributed by atoms with Crippen molar-refractivity contribution in [1.82, 2.24) is 20.3 Å². The third-order valence-electron chi connectivity index (χ3n) is 4.02. The van der Waals surface area contributed by atoms with Crippen LogP contribution in [-0.2, 0) is 12.8 Å². The Morgan fingerprint density at radius 3 is 1.17 bits per heavy atom. The van der Waals surface area contributed by atoms with Crippen LogP contribution >= 0.6 is 0 Å². The Bertz CT molecular complexity index is 518. The van der Waals surface area contributed by atoms with Crippen molar-refractivity contribution in [2.75, 3.05) is 11.5 Å². The van der Waals surface area contributed by atoms with Gasteiger partial charge in [0.05, 0.1) is 0 Å². The zero-order chi connectivity index (χ0) is 17.0. The fraction of sp³-hybridized carbons (Fsp3) is 0.750. The molecule has 24 heavy (non-hydrogen) atoms. The third kappa shape index (κ3) is 7.43. The molecule has 0 aromatic carbocycles. The van der Waals surface area contributed by atoms with Gasteiger partial charge in [0.1, 0.15) is 0 Å². The van der Waals surface area contributed by atoms with Crippen LogP contribution < -0.4 is 11.5 Å². The molecule has 2 aromatic heterocycles. The smallest absolute Gasteiger partial charge is 0.318 e. The van der Waals surface area contributed by atoms with Crippen molar-refractivity contribution in [3.8, 4) is 0 Å². The molecule has 0 amide bonds. The van der Waals surface area contributed by atoms with E-state index in [1.165, 1.54) is 51.4 Å². The quantitative estimate of drug-likeness (QED) is 0.533. The number of unbranched alkanes of at least 4 members (excludes halogenated alkanes) is 9. The third-order valence-corrected chi connectivity index (χ3v) is 4.02. The number of aromatic nitrogens is 4. The Morgan fingerprint density at radius 2 is 0.875 bits per heavy atom. The predicted molar refractivity (Wildman–Crippen MR) is 91.0 cm³/mol. The lowest BCUT2D eigenvalue weighted by atomic mass is 10.0. The van der Waals surface area contributed by atoms with Crippen LogP contribution in [0.5, 0.6) is 0 Å². The van der Waals surface area contributed by atoms with Crippen LogP contribution in [0.15, 0.2) is 9.05 Å². The summed E-state index contributed by atoms with van der Waals surface area (Å²) in [6, 6.07) is 0.317. The molecule has 0 aliphatic carbocycles. The van der Waals surface area contributed by atoms with E-state index in [4.69, 9.17) is 20.5 Å². The summed E-state index contributed by atoms with van der Waals surface area (Å²) in [5.41, 5.74) is 10.8. The van der Waals surface area contributed by atoms with Crippen LogP contribution in [0.2, 0.25) is 0 Å². The van der Waals surface area contributed by atoms with Gasteiger partial charge in [-0.05, 0) is 12.8 Å². The molecule has 4 N–H and O–H groups in total. The molecule has 2 heterocycles. The van der Waals surface area contributed by atoms with E-state index in [9.17, 15) is 0 Å². The molecule has 0 atom stereocenters. The minimum Gasteiger partial charge on any atom is -0.351 e. The van der Waals surface area contributed by atoms with E-state index in [1.807, 2.05) is 0 Å². The summed E-state index contributed by atoms with van der Waals surface area (Å²) in [4.78, 5) is 7.99. The number of anilines is 2. The molecule has 0 spiro atoms. The first kappa shape index (κ1) is 18.2. The molecule has 134 valence electrons. The van der Waals surface area contributed by atoms with E-state index in [0.717, 1.165) is 37.3 Å². The molecule has 8 heteroatoms. The summed E-state index contributed by atoms with van der Waals surface area (Å²) in [5, 5.41) is 7.58. The zero-order valence-corrected chi connectivity index (χ0v) is 14.2. The van der Waals surface area contributed by atoms with Crippen LogP contribution in [0.4, 0.5) is 12.0 Å². The van der Waals surface area contributed by atoms with Gasteiger partial charge in [0.15, 0.2) is 11.6 Å². The summed E-state index contributed by atoms with van der Waals surface area (Å²) in [6.45, 7) is 0. The maximum Gasteiger partial charge on any atom is 0.318 e. The van der Waals surface area contributed by atoms with Gasteiger partial charge in [0.25, 0.3) is 0 Å². The van der Waals surface area contributed by atoms with Gasteiger partial charge in [-0.3, -0.25) is 0 Å². The number of nitrogens with zero attached hydrogens (tertiary/aromatic N) is 4. The molecular weight excluding hydrogens is 308 g/mol. The summed E-state index contributed by atoms with van der Waals surface area (Å²) in [7, 11) is 0. The number of rotatable bonds is 13. The standard InChI is InChI=1S/C16H28N6O2/c17-15-19-13(21-23-15)11-9-7-5-3-1-2-4-6-8-10-12-14-20-16(18)24-22-14/h1-12H2,(H2,17,19,21)(H2,18,20,22). The second-order valence-corrected chi connectivity index (χ2v) is 6.13. The lowest BCUT2D eigenvalue weighted by Crippen LogP contribution is -1.91.